The van der Waals surface area contributed by atoms with Crippen molar-refractivity contribution in [3.63, 3.8) is 0 Å². The summed E-state index contributed by atoms with van der Waals surface area (Å²) < 4.78 is 19.0. The number of hydrogen-bond acceptors (Lipinski definition) is 6. The van der Waals surface area contributed by atoms with Crippen LogP contribution in [0.4, 0.5) is 0 Å². The van der Waals surface area contributed by atoms with E-state index in [9.17, 15) is 9.59 Å². The molecule has 0 atom stereocenters. The number of nitrogens with zero attached hydrogens (tertiary/aromatic N) is 1. The molecule has 3 N–H and O–H groups in total. The molecular weight excluding hydrogens is 562 g/mol. The second kappa shape index (κ2) is 14.2. The number of benzene rings is 2. The van der Waals surface area contributed by atoms with Crippen molar-refractivity contribution in [3.8, 4) is 11.5 Å². The van der Waals surface area contributed by atoms with Crippen molar-refractivity contribution in [1.82, 2.24) is 4.74 Å². The number of nitrogens with two attached hydrogens (primary N) is 1. The summed E-state index contributed by atoms with van der Waals surface area (Å²) in [6.07, 6.45) is 2.79. The van der Waals surface area contributed by atoms with E-state index in [1.165, 1.54) is 4.74 Å². The largest absolute Gasteiger partial charge is 0.493 e. The molecule has 3 aromatic rings. The van der Waals surface area contributed by atoms with Crippen LogP contribution in [0.25, 0.3) is 0 Å². The quantitative estimate of drug-likeness (QED) is 0.197. The fourth-order valence-corrected chi connectivity index (χ4v) is 4.32. The molecule has 0 spiro atoms. The van der Waals surface area contributed by atoms with E-state index in [0.717, 1.165) is 28.9 Å². The molecule has 0 fully saturated rings. The second-order valence-electron chi connectivity index (χ2n) is 10.4. The van der Waals surface area contributed by atoms with E-state index < -0.39 is 5.91 Å². The Hall–Kier alpha value is -3.33. The monoisotopic (exact) mass is 601 g/mol. The van der Waals surface area contributed by atoms with Crippen molar-refractivity contribution in [3.05, 3.63) is 76.0 Å². The van der Waals surface area contributed by atoms with Gasteiger partial charge in [-0.1, -0.05) is 58.0 Å². The molecule has 0 aliphatic rings. The van der Waals surface area contributed by atoms with Gasteiger partial charge in [0.2, 0.25) is 5.91 Å². The molecule has 1 heterocycles. The van der Waals surface area contributed by atoms with Crippen LogP contribution >= 0.6 is 17.0 Å². The number of ketones is 1. The standard InChI is InChI=1S/C30H39N3O5.BrH/c1-6-11-25-22(16-20-12-8-7-9-13-20)29(32)33(38-25)19-24(34)21-17-23(30(2,3)4)28(36-5)26(18-21)37-15-10-14-27(31)35;/h7-9,12-13,17-18,32H,6,10-11,14-16,19H2,1-5H3,(H2,31,35);1H. The van der Waals surface area contributed by atoms with Crippen LogP contribution in [0.3, 0.4) is 0 Å². The molecule has 8 nitrogen and oxygen atoms in total. The highest BCUT2D eigenvalue weighted by Crippen LogP contribution is 2.40. The smallest absolute Gasteiger partial charge is 0.217 e. The number of aromatic nitrogens is 1. The van der Waals surface area contributed by atoms with Crippen LogP contribution in [0.5, 0.6) is 11.5 Å². The second-order valence-corrected chi connectivity index (χ2v) is 10.4. The van der Waals surface area contributed by atoms with Gasteiger partial charge in [-0.25, -0.2) is 0 Å². The van der Waals surface area contributed by atoms with Gasteiger partial charge in [0.25, 0.3) is 0 Å². The van der Waals surface area contributed by atoms with E-state index in [-0.39, 0.29) is 53.2 Å². The maximum atomic E-state index is 13.5. The van der Waals surface area contributed by atoms with Crippen molar-refractivity contribution in [1.29, 1.82) is 5.41 Å². The number of amides is 1. The SMILES string of the molecule is Br.CCCc1on(CC(=O)c2cc(OCCCC(N)=O)c(OC)c(C(C)(C)C)c2)c(=N)c1Cc1ccccc1. The molecule has 9 heteroatoms. The fraction of sp³-hybridized carbons (Fsp3) is 0.433. The maximum Gasteiger partial charge on any atom is 0.217 e. The van der Waals surface area contributed by atoms with Crippen LogP contribution in [-0.2, 0) is 29.6 Å². The molecule has 0 radical (unpaired) electrons. The predicted octanol–water partition coefficient (Wildman–Crippen LogP) is 5.52. The van der Waals surface area contributed by atoms with Gasteiger partial charge in [-0.2, -0.15) is 4.74 Å². The van der Waals surface area contributed by atoms with Gasteiger partial charge in [-0.15, -0.1) is 17.0 Å². The lowest BCUT2D eigenvalue weighted by atomic mass is 9.84. The van der Waals surface area contributed by atoms with E-state index in [0.29, 0.717) is 36.3 Å². The molecule has 0 bridgehead atoms. The first-order valence-electron chi connectivity index (χ1n) is 13.0. The summed E-state index contributed by atoms with van der Waals surface area (Å²) in [5, 5.41) is 8.78. The third-order valence-electron chi connectivity index (χ3n) is 6.29. The van der Waals surface area contributed by atoms with Gasteiger partial charge in [-0.3, -0.25) is 15.0 Å². The predicted molar refractivity (Wildman–Crippen MR) is 156 cm³/mol. The summed E-state index contributed by atoms with van der Waals surface area (Å²) in [6, 6.07) is 13.4. The Balaban J connectivity index is 0.00000533. The van der Waals surface area contributed by atoms with Crippen LogP contribution in [0.15, 0.2) is 47.0 Å². The lowest BCUT2D eigenvalue weighted by Gasteiger charge is -2.25. The Morgan fingerprint density at radius 3 is 2.41 bits per heavy atom. The number of rotatable bonds is 13. The number of aryl methyl sites for hydroxylation is 1. The summed E-state index contributed by atoms with van der Waals surface area (Å²) in [6.45, 7) is 8.31. The highest BCUT2D eigenvalue weighted by Gasteiger charge is 2.26. The van der Waals surface area contributed by atoms with Crippen LogP contribution in [0.2, 0.25) is 0 Å². The number of ether oxygens (including phenoxy) is 2. The minimum absolute atomic E-state index is 0. The molecule has 212 valence electrons. The van der Waals surface area contributed by atoms with Crippen molar-refractivity contribution < 1.29 is 23.6 Å². The minimum atomic E-state index is -0.393. The van der Waals surface area contributed by atoms with Gasteiger partial charge < -0.3 is 19.7 Å². The topological polar surface area (TPSA) is 121 Å². The Morgan fingerprint density at radius 1 is 1.13 bits per heavy atom. The maximum absolute atomic E-state index is 13.5. The minimum Gasteiger partial charge on any atom is -0.493 e. The number of primary amides is 1. The van der Waals surface area contributed by atoms with Gasteiger partial charge >= 0.3 is 0 Å². The van der Waals surface area contributed by atoms with Crippen molar-refractivity contribution in [2.24, 2.45) is 5.73 Å². The summed E-state index contributed by atoms with van der Waals surface area (Å²) in [4.78, 5) is 24.6. The molecule has 0 unspecified atom stereocenters. The number of halogens is 1. The molecule has 39 heavy (non-hydrogen) atoms. The molecule has 0 saturated heterocycles. The van der Waals surface area contributed by atoms with E-state index >= 15 is 0 Å². The first kappa shape index (κ1) is 31.9. The normalized spacial score (nSPS) is 11.1. The van der Waals surface area contributed by atoms with Crippen LogP contribution < -0.4 is 20.7 Å². The number of nitrogens with one attached hydrogen (secondary N) is 1. The molecular formula is C30H40BrN3O5. The highest BCUT2D eigenvalue weighted by atomic mass is 79.9. The number of Topliss-reactive ketones (excluding diaryl/α,β-unsaturated/α-hetero) is 1. The van der Waals surface area contributed by atoms with Gasteiger partial charge in [0, 0.05) is 36.0 Å². The number of methoxy groups -OCH3 is 1. The third kappa shape index (κ3) is 8.33. The zero-order chi connectivity index (χ0) is 27.9. The summed E-state index contributed by atoms with van der Waals surface area (Å²) in [5.74, 6) is 1.12. The number of hydrogen-bond donors (Lipinski definition) is 2. The Bertz CT molecular complexity index is 1320. The lowest BCUT2D eigenvalue weighted by molar-refractivity contribution is -0.118. The summed E-state index contributed by atoms with van der Waals surface area (Å²) >= 11 is 0. The van der Waals surface area contributed by atoms with Gasteiger partial charge in [0.05, 0.1) is 13.7 Å². The van der Waals surface area contributed by atoms with Gasteiger partial charge in [0.15, 0.2) is 22.8 Å². The van der Waals surface area contributed by atoms with Crippen molar-refractivity contribution >= 4 is 28.7 Å². The summed E-state index contributed by atoms with van der Waals surface area (Å²) in [7, 11) is 1.57. The van der Waals surface area contributed by atoms with Crippen LogP contribution in [0, 0.1) is 5.41 Å². The van der Waals surface area contributed by atoms with E-state index in [2.05, 4.69) is 6.92 Å². The zero-order valence-electron chi connectivity index (χ0n) is 23.5. The first-order chi connectivity index (χ1) is 18.0. The van der Waals surface area contributed by atoms with Crippen LogP contribution in [0.1, 0.15) is 79.8 Å². The molecule has 0 aliphatic heterocycles. The zero-order valence-corrected chi connectivity index (χ0v) is 25.2. The van der Waals surface area contributed by atoms with Crippen LogP contribution in [-0.4, -0.2) is 30.1 Å². The average molecular weight is 603 g/mol. The lowest BCUT2D eigenvalue weighted by Crippen LogP contribution is -2.23. The van der Waals surface area contributed by atoms with E-state index in [1.807, 2.05) is 57.2 Å². The Morgan fingerprint density at radius 2 is 1.82 bits per heavy atom. The fourth-order valence-electron chi connectivity index (χ4n) is 4.32. The van der Waals surface area contributed by atoms with Crippen molar-refractivity contribution in [2.75, 3.05) is 13.7 Å². The average Bonchev–Trinajstić information content (AvgIpc) is 3.15. The highest BCUT2D eigenvalue weighted by molar-refractivity contribution is 8.93. The van der Waals surface area contributed by atoms with E-state index in [1.54, 1.807) is 13.2 Å². The van der Waals surface area contributed by atoms with Gasteiger partial charge in [-0.05, 0) is 36.0 Å². The first-order valence-corrected chi connectivity index (χ1v) is 13.0. The summed E-state index contributed by atoms with van der Waals surface area (Å²) in [5.41, 5.74) is 8.26. The van der Waals surface area contributed by atoms with Crippen molar-refractivity contribution in [2.45, 2.75) is 71.8 Å². The molecule has 0 aliphatic carbocycles. The van der Waals surface area contributed by atoms with E-state index in [4.69, 9.17) is 25.1 Å². The number of carbonyl (C=O) groups excluding carboxylic acids is 2. The number of carbonyl (C=O) groups is 2. The molecule has 2 aromatic carbocycles. The molecule has 3 rings (SSSR count). The molecule has 1 amide bonds. The van der Waals surface area contributed by atoms with Gasteiger partial charge in [0.1, 0.15) is 12.3 Å². The Kier molecular flexibility index (Phi) is 11.6. The molecule has 0 saturated carbocycles. The molecule has 1 aromatic heterocycles. The Labute approximate surface area is 240 Å². The third-order valence-corrected chi connectivity index (χ3v) is 6.29.